The molecule has 0 atom stereocenters. The molecule has 0 unspecified atom stereocenters. The van der Waals surface area contributed by atoms with E-state index >= 15 is 0 Å². The Kier molecular flexibility index (Phi) is 10.9. The van der Waals surface area contributed by atoms with Gasteiger partial charge in [0.25, 0.3) is 0 Å². The maximum atomic E-state index is 12.8. The summed E-state index contributed by atoms with van der Waals surface area (Å²) in [5, 5.41) is 16.8. The van der Waals surface area contributed by atoms with Crippen molar-refractivity contribution >= 4 is 12.9 Å². The van der Waals surface area contributed by atoms with Gasteiger partial charge in [-0.2, -0.15) is 0 Å². The third-order valence-corrected chi connectivity index (χ3v) is 6.21. The van der Waals surface area contributed by atoms with Crippen LogP contribution in [0.15, 0.2) is 18.2 Å². The van der Waals surface area contributed by atoms with Crippen molar-refractivity contribution in [3.8, 4) is 0 Å². The number of fused-ring (bicyclic) bond motifs is 1. The average molecular weight is 403 g/mol. The SMILES string of the molecule is COC1CCC(C(=O)c2cccc3c2CCCC3)CC1.NCCCCCB(O)O. The fraction of sp³-hybridized carbons (Fsp3) is 0.696. The van der Waals surface area contributed by atoms with Crippen molar-refractivity contribution in [2.45, 2.75) is 83.1 Å². The highest BCUT2D eigenvalue weighted by Crippen LogP contribution is 2.32. The van der Waals surface area contributed by atoms with Crippen molar-refractivity contribution in [3.05, 3.63) is 34.9 Å². The lowest BCUT2D eigenvalue weighted by molar-refractivity contribution is 0.0519. The molecule has 6 heteroatoms. The number of rotatable bonds is 8. The van der Waals surface area contributed by atoms with E-state index in [2.05, 4.69) is 18.2 Å². The number of nitrogens with two attached hydrogens (primary N) is 1. The van der Waals surface area contributed by atoms with Gasteiger partial charge < -0.3 is 20.5 Å². The summed E-state index contributed by atoms with van der Waals surface area (Å²) in [6.07, 6.45) is 12.4. The summed E-state index contributed by atoms with van der Waals surface area (Å²) in [7, 11) is 0.642. The minimum atomic E-state index is -1.14. The predicted octanol–water partition coefficient (Wildman–Crippen LogP) is 3.54. The molecule has 0 aliphatic heterocycles. The Morgan fingerprint density at radius 2 is 1.83 bits per heavy atom. The van der Waals surface area contributed by atoms with Crippen LogP contribution in [-0.4, -0.2) is 42.7 Å². The topological polar surface area (TPSA) is 92.8 Å². The minimum Gasteiger partial charge on any atom is -0.427 e. The van der Waals surface area contributed by atoms with E-state index in [0.717, 1.165) is 63.4 Å². The highest BCUT2D eigenvalue weighted by atomic mass is 16.5. The highest BCUT2D eigenvalue weighted by Gasteiger charge is 2.28. The fourth-order valence-corrected chi connectivity index (χ4v) is 4.44. The summed E-state index contributed by atoms with van der Waals surface area (Å²) in [4.78, 5) is 12.8. The van der Waals surface area contributed by atoms with E-state index in [9.17, 15) is 4.79 Å². The highest BCUT2D eigenvalue weighted by molar-refractivity contribution is 6.40. The maximum absolute atomic E-state index is 12.8. The van der Waals surface area contributed by atoms with Crippen molar-refractivity contribution in [1.29, 1.82) is 0 Å². The van der Waals surface area contributed by atoms with E-state index in [1.54, 1.807) is 7.11 Å². The van der Waals surface area contributed by atoms with Crippen LogP contribution in [0.1, 0.15) is 79.3 Å². The number of hydrogen-bond donors (Lipinski definition) is 3. The number of methoxy groups -OCH3 is 1. The van der Waals surface area contributed by atoms with E-state index in [4.69, 9.17) is 20.5 Å². The second-order valence-electron chi connectivity index (χ2n) is 8.34. The number of Topliss-reactive ketones (excluding diaryl/α,β-unsaturated/α-hetero) is 1. The van der Waals surface area contributed by atoms with Crippen LogP contribution >= 0.6 is 0 Å². The van der Waals surface area contributed by atoms with Gasteiger partial charge in [0.05, 0.1) is 6.10 Å². The Labute approximate surface area is 176 Å². The first-order valence-corrected chi connectivity index (χ1v) is 11.3. The zero-order valence-electron chi connectivity index (χ0n) is 17.9. The molecule has 1 fully saturated rings. The van der Waals surface area contributed by atoms with Crippen LogP contribution in [0, 0.1) is 5.92 Å². The number of carbonyl (C=O) groups is 1. The molecule has 162 valence electrons. The van der Waals surface area contributed by atoms with Crippen LogP contribution in [-0.2, 0) is 17.6 Å². The van der Waals surface area contributed by atoms with Crippen LogP contribution in [0.2, 0.25) is 6.32 Å². The third-order valence-electron chi connectivity index (χ3n) is 6.21. The number of hydrogen-bond acceptors (Lipinski definition) is 5. The summed E-state index contributed by atoms with van der Waals surface area (Å²) in [5.74, 6) is 0.605. The molecule has 0 saturated heterocycles. The number of ketones is 1. The molecule has 4 N–H and O–H groups in total. The molecular formula is C23H38BNO4. The molecule has 1 aromatic carbocycles. The van der Waals surface area contributed by atoms with Crippen LogP contribution in [0.3, 0.4) is 0 Å². The molecule has 0 aromatic heterocycles. The van der Waals surface area contributed by atoms with E-state index in [1.807, 2.05) is 0 Å². The molecule has 0 bridgehead atoms. The van der Waals surface area contributed by atoms with Gasteiger partial charge >= 0.3 is 7.12 Å². The lowest BCUT2D eigenvalue weighted by atomic mass is 9.79. The first-order chi connectivity index (χ1) is 14.1. The summed E-state index contributed by atoms with van der Waals surface area (Å²) < 4.78 is 5.40. The molecule has 29 heavy (non-hydrogen) atoms. The van der Waals surface area contributed by atoms with Gasteiger partial charge in [-0.25, -0.2) is 0 Å². The molecule has 0 spiro atoms. The Morgan fingerprint density at radius 3 is 2.48 bits per heavy atom. The van der Waals surface area contributed by atoms with Gasteiger partial charge in [-0.15, -0.1) is 0 Å². The average Bonchev–Trinajstić information content (AvgIpc) is 2.76. The molecule has 2 aliphatic rings. The second-order valence-corrected chi connectivity index (χ2v) is 8.34. The Morgan fingerprint density at radius 1 is 1.10 bits per heavy atom. The van der Waals surface area contributed by atoms with Gasteiger partial charge in [0, 0.05) is 18.6 Å². The van der Waals surface area contributed by atoms with Crippen molar-refractivity contribution in [2.24, 2.45) is 11.7 Å². The molecular weight excluding hydrogens is 365 g/mol. The monoisotopic (exact) mass is 403 g/mol. The van der Waals surface area contributed by atoms with E-state index in [1.165, 1.54) is 24.0 Å². The van der Waals surface area contributed by atoms with Crippen molar-refractivity contribution in [3.63, 3.8) is 0 Å². The Hall–Kier alpha value is -1.21. The van der Waals surface area contributed by atoms with Gasteiger partial charge in [-0.3, -0.25) is 4.79 Å². The summed E-state index contributed by atoms with van der Waals surface area (Å²) in [6, 6.07) is 6.32. The molecule has 3 rings (SSSR count). The molecule has 1 saturated carbocycles. The summed E-state index contributed by atoms with van der Waals surface area (Å²) in [6.45, 7) is 0.696. The maximum Gasteiger partial charge on any atom is 0.451 e. The molecule has 0 amide bonds. The molecule has 0 radical (unpaired) electrons. The summed E-state index contributed by atoms with van der Waals surface area (Å²) in [5.41, 5.74) is 8.99. The summed E-state index contributed by atoms with van der Waals surface area (Å²) >= 11 is 0. The van der Waals surface area contributed by atoms with Crippen molar-refractivity contribution in [2.75, 3.05) is 13.7 Å². The smallest absolute Gasteiger partial charge is 0.427 e. The van der Waals surface area contributed by atoms with E-state index in [0.29, 0.717) is 24.8 Å². The predicted molar refractivity (Wildman–Crippen MR) is 118 cm³/mol. The zero-order chi connectivity index (χ0) is 21.1. The van der Waals surface area contributed by atoms with Crippen LogP contribution in [0.4, 0.5) is 0 Å². The molecule has 0 heterocycles. The molecule has 5 nitrogen and oxygen atoms in total. The van der Waals surface area contributed by atoms with Crippen LogP contribution < -0.4 is 5.73 Å². The first kappa shape index (κ1) is 24.1. The lowest BCUT2D eigenvalue weighted by Crippen LogP contribution is -2.26. The number of benzene rings is 1. The standard InChI is InChI=1S/C18H24O2.C5H14BNO2/c1-20-15-11-9-14(10-12-15)18(19)17-8-4-6-13-5-2-3-7-16(13)17;7-5-3-1-2-4-6(8)9/h4,6,8,14-15H,2-3,5,7,9-12H2,1H3;8-9H,1-5,7H2. The van der Waals surface area contributed by atoms with Crippen LogP contribution in [0.25, 0.3) is 0 Å². The van der Waals surface area contributed by atoms with Crippen molar-refractivity contribution < 1.29 is 19.6 Å². The third kappa shape index (κ3) is 7.85. The molecule has 1 aromatic rings. The largest absolute Gasteiger partial charge is 0.451 e. The number of ether oxygens (including phenoxy) is 1. The lowest BCUT2D eigenvalue weighted by Gasteiger charge is -2.28. The normalized spacial score (nSPS) is 21.0. The van der Waals surface area contributed by atoms with Gasteiger partial charge in [0.15, 0.2) is 5.78 Å². The zero-order valence-corrected chi connectivity index (χ0v) is 17.9. The minimum absolute atomic E-state index is 0.217. The van der Waals surface area contributed by atoms with Gasteiger partial charge in [-0.05, 0) is 81.8 Å². The molecule has 2 aliphatic carbocycles. The van der Waals surface area contributed by atoms with Crippen molar-refractivity contribution in [1.82, 2.24) is 0 Å². The quantitative estimate of drug-likeness (QED) is 0.351. The van der Waals surface area contributed by atoms with Gasteiger partial charge in [0.2, 0.25) is 0 Å². The van der Waals surface area contributed by atoms with Gasteiger partial charge in [-0.1, -0.05) is 31.0 Å². The Bertz CT molecular complexity index is 615. The van der Waals surface area contributed by atoms with E-state index < -0.39 is 7.12 Å². The Balaban J connectivity index is 0.000000284. The number of carbonyl (C=O) groups excluding carboxylic acids is 1. The number of aryl methyl sites for hydroxylation is 1. The fourth-order valence-electron chi connectivity index (χ4n) is 4.44. The second kappa shape index (κ2) is 13.2. The van der Waals surface area contributed by atoms with Gasteiger partial charge in [0.1, 0.15) is 0 Å². The number of unbranched alkanes of at least 4 members (excludes halogenated alkanes) is 2. The first-order valence-electron chi connectivity index (χ1n) is 11.3. The van der Waals surface area contributed by atoms with Crippen LogP contribution in [0.5, 0.6) is 0 Å². The van der Waals surface area contributed by atoms with E-state index in [-0.39, 0.29) is 5.92 Å².